The molecule has 0 N–H and O–H groups in total. The molecule has 1 heterocycles. The highest BCUT2D eigenvalue weighted by Gasteiger charge is 2.13. The number of ether oxygens (including phenoxy) is 1. The van der Waals surface area contributed by atoms with Gasteiger partial charge >= 0.3 is 0 Å². The van der Waals surface area contributed by atoms with Gasteiger partial charge in [0.15, 0.2) is 0 Å². The Balaban J connectivity index is 2.42. The summed E-state index contributed by atoms with van der Waals surface area (Å²) < 4.78 is 5.24. The quantitative estimate of drug-likeness (QED) is 0.489. The molecule has 0 aromatic heterocycles. The summed E-state index contributed by atoms with van der Waals surface area (Å²) >= 11 is 3.33. The predicted octanol–water partition coefficient (Wildman–Crippen LogP) is 3.29. The number of rotatable bonds is 3. The van der Waals surface area contributed by atoms with Gasteiger partial charge in [-0.25, -0.2) is 0 Å². The number of halogens is 1. The standard InChI is InChI=1S/C12H12BrNO3/c13-8-9-5-11(7-12(6-9)14(15)16)10-1-3-17-4-2-10/h1,5-7H,2-4,8H2. The zero-order valence-corrected chi connectivity index (χ0v) is 10.8. The normalized spacial score (nSPS) is 15.5. The summed E-state index contributed by atoms with van der Waals surface area (Å²) in [7, 11) is 0. The van der Waals surface area contributed by atoms with E-state index in [1.807, 2.05) is 12.1 Å². The van der Waals surface area contributed by atoms with Crippen LogP contribution in [0.3, 0.4) is 0 Å². The maximum absolute atomic E-state index is 10.9. The van der Waals surface area contributed by atoms with Gasteiger partial charge < -0.3 is 4.74 Å². The van der Waals surface area contributed by atoms with Crippen LogP contribution in [0.2, 0.25) is 0 Å². The molecule has 0 amide bonds. The van der Waals surface area contributed by atoms with Crippen LogP contribution in [0, 0.1) is 10.1 Å². The summed E-state index contributed by atoms with van der Waals surface area (Å²) in [4.78, 5) is 10.5. The number of nitrogens with zero attached hydrogens (tertiary/aromatic N) is 1. The fourth-order valence-electron chi connectivity index (χ4n) is 1.83. The lowest BCUT2D eigenvalue weighted by atomic mass is 9.99. The van der Waals surface area contributed by atoms with Crippen molar-refractivity contribution in [3.8, 4) is 0 Å². The van der Waals surface area contributed by atoms with Crippen molar-refractivity contribution in [3.05, 3.63) is 45.5 Å². The molecule has 0 spiro atoms. The fraction of sp³-hybridized carbons (Fsp3) is 0.333. The number of nitro groups is 1. The van der Waals surface area contributed by atoms with E-state index in [2.05, 4.69) is 15.9 Å². The first-order valence-electron chi connectivity index (χ1n) is 5.32. The molecule has 1 aromatic rings. The second-order valence-electron chi connectivity index (χ2n) is 3.83. The van der Waals surface area contributed by atoms with Gasteiger partial charge in [0, 0.05) is 17.5 Å². The summed E-state index contributed by atoms with van der Waals surface area (Å²) in [6.07, 6.45) is 2.80. The molecule has 1 aromatic carbocycles. The van der Waals surface area contributed by atoms with Gasteiger partial charge in [0.1, 0.15) is 0 Å². The zero-order valence-electron chi connectivity index (χ0n) is 9.19. The second-order valence-corrected chi connectivity index (χ2v) is 4.39. The van der Waals surface area contributed by atoms with E-state index in [9.17, 15) is 10.1 Å². The van der Waals surface area contributed by atoms with Gasteiger partial charge in [-0.05, 0) is 23.1 Å². The fourth-order valence-corrected chi connectivity index (χ4v) is 2.15. The van der Waals surface area contributed by atoms with Gasteiger partial charge in [0.2, 0.25) is 0 Å². The van der Waals surface area contributed by atoms with E-state index in [1.165, 1.54) is 0 Å². The first-order chi connectivity index (χ1) is 8.20. The Labute approximate surface area is 108 Å². The number of nitro benzene ring substituents is 1. The number of alkyl halides is 1. The van der Waals surface area contributed by atoms with Gasteiger partial charge in [-0.3, -0.25) is 10.1 Å². The minimum Gasteiger partial charge on any atom is -0.377 e. The lowest BCUT2D eigenvalue weighted by molar-refractivity contribution is -0.384. The molecule has 90 valence electrons. The van der Waals surface area contributed by atoms with Crippen molar-refractivity contribution in [2.45, 2.75) is 11.8 Å². The molecule has 17 heavy (non-hydrogen) atoms. The average Bonchev–Trinajstić information content (AvgIpc) is 2.39. The highest BCUT2D eigenvalue weighted by atomic mass is 79.9. The Hall–Kier alpha value is -1.20. The molecule has 1 aliphatic rings. The van der Waals surface area contributed by atoms with Crippen LogP contribution < -0.4 is 0 Å². The SMILES string of the molecule is O=[N+]([O-])c1cc(CBr)cc(C2=CCOCC2)c1. The molecule has 0 fully saturated rings. The first kappa shape index (κ1) is 12.3. The third kappa shape index (κ3) is 2.92. The highest BCUT2D eigenvalue weighted by molar-refractivity contribution is 9.08. The van der Waals surface area contributed by atoms with E-state index >= 15 is 0 Å². The smallest absolute Gasteiger partial charge is 0.270 e. The predicted molar refractivity (Wildman–Crippen MR) is 69.1 cm³/mol. The van der Waals surface area contributed by atoms with Crippen LogP contribution in [0.15, 0.2) is 24.3 Å². The van der Waals surface area contributed by atoms with Gasteiger partial charge in [-0.2, -0.15) is 0 Å². The largest absolute Gasteiger partial charge is 0.377 e. The third-order valence-corrected chi connectivity index (χ3v) is 3.32. The van der Waals surface area contributed by atoms with Gasteiger partial charge in [-0.15, -0.1) is 0 Å². The Morgan fingerprint density at radius 1 is 1.41 bits per heavy atom. The van der Waals surface area contributed by atoms with E-state index in [-0.39, 0.29) is 10.6 Å². The van der Waals surface area contributed by atoms with Crippen molar-refractivity contribution < 1.29 is 9.66 Å². The highest BCUT2D eigenvalue weighted by Crippen LogP contribution is 2.27. The number of benzene rings is 1. The van der Waals surface area contributed by atoms with E-state index in [4.69, 9.17) is 4.74 Å². The number of non-ortho nitro benzene ring substituents is 1. The topological polar surface area (TPSA) is 52.4 Å². The minimum atomic E-state index is -0.352. The first-order valence-corrected chi connectivity index (χ1v) is 6.44. The number of hydrogen-bond acceptors (Lipinski definition) is 3. The molecular formula is C12H12BrNO3. The summed E-state index contributed by atoms with van der Waals surface area (Å²) in [5.74, 6) is 0. The molecule has 1 aliphatic heterocycles. The van der Waals surface area contributed by atoms with E-state index in [1.54, 1.807) is 12.1 Å². The van der Waals surface area contributed by atoms with Gasteiger partial charge in [0.25, 0.3) is 5.69 Å². The van der Waals surface area contributed by atoms with Crippen LogP contribution in [0.4, 0.5) is 5.69 Å². The average molecular weight is 298 g/mol. The van der Waals surface area contributed by atoms with Crippen molar-refractivity contribution in [3.63, 3.8) is 0 Å². The molecule has 0 unspecified atom stereocenters. The van der Waals surface area contributed by atoms with Crippen molar-refractivity contribution >= 4 is 27.2 Å². The Morgan fingerprint density at radius 3 is 2.82 bits per heavy atom. The summed E-state index contributed by atoms with van der Waals surface area (Å²) in [5.41, 5.74) is 3.12. The second kappa shape index (κ2) is 5.42. The van der Waals surface area contributed by atoms with E-state index in [0.29, 0.717) is 18.5 Å². The van der Waals surface area contributed by atoms with Gasteiger partial charge in [-0.1, -0.05) is 28.1 Å². The van der Waals surface area contributed by atoms with E-state index < -0.39 is 0 Å². The number of hydrogen-bond donors (Lipinski definition) is 0. The van der Waals surface area contributed by atoms with Crippen molar-refractivity contribution in [2.24, 2.45) is 0 Å². The van der Waals surface area contributed by atoms with Crippen LogP contribution in [0.5, 0.6) is 0 Å². The van der Waals surface area contributed by atoms with Crippen LogP contribution in [-0.2, 0) is 10.1 Å². The molecule has 0 saturated heterocycles. The lowest BCUT2D eigenvalue weighted by Crippen LogP contribution is -2.04. The zero-order chi connectivity index (χ0) is 12.3. The maximum Gasteiger partial charge on any atom is 0.270 e. The van der Waals surface area contributed by atoms with Crippen LogP contribution in [0.25, 0.3) is 5.57 Å². The Bertz CT molecular complexity index is 471. The minimum absolute atomic E-state index is 0.143. The van der Waals surface area contributed by atoms with Gasteiger partial charge in [0.05, 0.1) is 18.1 Å². The van der Waals surface area contributed by atoms with Crippen LogP contribution >= 0.6 is 15.9 Å². The monoisotopic (exact) mass is 297 g/mol. The molecule has 0 aliphatic carbocycles. The summed E-state index contributed by atoms with van der Waals surface area (Å²) in [6.45, 7) is 1.26. The van der Waals surface area contributed by atoms with Crippen molar-refractivity contribution in [2.75, 3.05) is 13.2 Å². The molecular weight excluding hydrogens is 286 g/mol. The molecule has 5 heteroatoms. The molecule has 0 radical (unpaired) electrons. The summed E-state index contributed by atoms with van der Waals surface area (Å²) in [5, 5.41) is 11.5. The van der Waals surface area contributed by atoms with Crippen LogP contribution in [-0.4, -0.2) is 18.1 Å². The molecule has 2 rings (SSSR count). The molecule has 0 bridgehead atoms. The molecule has 0 saturated carbocycles. The van der Waals surface area contributed by atoms with Crippen molar-refractivity contribution in [1.82, 2.24) is 0 Å². The Kier molecular flexibility index (Phi) is 3.91. The van der Waals surface area contributed by atoms with E-state index in [0.717, 1.165) is 23.1 Å². The lowest BCUT2D eigenvalue weighted by Gasteiger charge is -2.14. The molecule has 4 nitrogen and oxygen atoms in total. The molecule has 0 atom stereocenters. The Morgan fingerprint density at radius 2 is 2.24 bits per heavy atom. The summed E-state index contributed by atoms with van der Waals surface area (Å²) in [6, 6.07) is 5.21. The van der Waals surface area contributed by atoms with Crippen molar-refractivity contribution in [1.29, 1.82) is 0 Å². The third-order valence-electron chi connectivity index (χ3n) is 2.68. The maximum atomic E-state index is 10.9. The van der Waals surface area contributed by atoms with Crippen LogP contribution in [0.1, 0.15) is 17.5 Å².